The average molecular weight is 253 g/mol. The van der Waals surface area contributed by atoms with Crippen molar-refractivity contribution in [1.82, 2.24) is 5.32 Å². The van der Waals surface area contributed by atoms with E-state index >= 15 is 0 Å². The molecule has 0 saturated heterocycles. The van der Waals surface area contributed by atoms with E-state index in [0.717, 1.165) is 6.42 Å². The normalized spacial score (nSPS) is 14.1. The zero-order valence-electron chi connectivity index (χ0n) is 12.1. The number of hydrogen-bond donors (Lipinski definition) is 1. The molecule has 2 aromatic carbocycles. The van der Waals surface area contributed by atoms with Crippen molar-refractivity contribution < 1.29 is 0 Å². The monoisotopic (exact) mass is 253 g/mol. The molecule has 2 atom stereocenters. The summed E-state index contributed by atoms with van der Waals surface area (Å²) in [4.78, 5) is 0. The van der Waals surface area contributed by atoms with Crippen LogP contribution in [0.5, 0.6) is 0 Å². The fraction of sp³-hybridized carbons (Fsp3) is 0.333. The first-order valence-corrected chi connectivity index (χ1v) is 7.10. The first kappa shape index (κ1) is 13.8. The minimum atomic E-state index is 0.362. The highest BCUT2D eigenvalue weighted by Gasteiger charge is 2.10. The standard InChI is InChI=1S/C18H23N/c1-4-16-10-12-18(13-11-16)15(3)19-14(2)17-8-6-5-7-9-17/h5-15,19H,4H2,1-3H3. The van der Waals surface area contributed by atoms with Gasteiger partial charge in [0, 0.05) is 12.1 Å². The van der Waals surface area contributed by atoms with Crippen LogP contribution in [-0.4, -0.2) is 0 Å². The molecule has 0 fully saturated rings. The summed E-state index contributed by atoms with van der Waals surface area (Å²) in [6.45, 7) is 6.63. The van der Waals surface area contributed by atoms with Crippen LogP contribution in [0.25, 0.3) is 0 Å². The van der Waals surface area contributed by atoms with Gasteiger partial charge >= 0.3 is 0 Å². The maximum absolute atomic E-state index is 3.65. The zero-order valence-corrected chi connectivity index (χ0v) is 12.1. The van der Waals surface area contributed by atoms with Crippen molar-refractivity contribution in [3.05, 3.63) is 71.3 Å². The van der Waals surface area contributed by atoms with Gasteiger partial charge in [0.05, 0.1) is 0 Å². The van der Waals surface area contributed by atoms with E-state index in [1.165, 1.54) is 16.7 Å². The molecule has 100 valence electrons. The number of nitrogens with one attached hydrogen (secondary N) is 1. The maximum atomic E-state index is 3.65. The van der Waals surface area contributed by atoms with Gasteiger partial charge in [-0.15, -0.1) is 0 Å². The molecule has 0 aliphatic heterocycles. The van der Waals surface area contributed by atoms with Crippen LogP contribution in [-0.2, 0) is 6.42 Å². The van der Waals surface area contributed by atoms with Crippen molar-refractivity contribution in [3.8, 4) is 0 Å². The van der Waals surface area contributed by atoms with E-state index in [1.807, 2.05) is 0 Å². The van der Waals surface area contributed by atoms with E-state index in [0.29, 0.717) is 12.1 Å². The molecule has 2 rings (SSSR count). The Hall–Kier alpha value is -1.60. The molecule has 19 heavy (non-hydrogen) atoms. The Kier molecular flexibility index (Phi) is 4.75. The molecule has 2 aromatic rings. The molecule has 0 radical (unpaired) electrons. The van der Waals surface area contributed by atoms with Gasteiger partial charge in [-0.1, -0.05) is 61.5 Å². The van der Waals surface area contributed by atoms with E-state index < -0.39 is 0 Å². The van der Waals surface area contributed by atoms with Gasteiger partial charge in [0.2, 0.25) is 0 Å². The predicted molar refractivity (Wildman–Crippen MR) is 82.2 cm³/mol. The van der Waals surface area contributed by atoms with Crippen molar-refractivity contribution in [2.45, 2.75) is 39.3 Å². The summed E-state index contributed by atoms with van der Waals surface area (Å²) in [6.07, 6.45) is 1.10. The lowest BCUT2D eigenvalue weighted by Gasteiger charge is -2.21. The molecule has 0 amide bonds. The van der Waals surface area contributed by atoms with E-state index in [1.54, 1.807) is 0 Å². The molecule has 0 heterocycles. The molecular weight excluding hydrogens is 230 g/mol. The SMILES string of the molecule is CCc1ccc(C(C)NC(C)c2ccccc2)cc1. The predicted octanol–water partition coefficient (Wildman–Crippen LogP) is 4.66. The summed E-state index contributed by atoms with van der Waals surface area (Å²) in [5, 5.41) is 3.65. The summed E-state index contributed by atoms with van der Waals surface area (Å²) in [5.74, 6) is 0. The van der Waals surface area contributed by atoms with E-state index in [-0.39, 0.29) is 0 Å². The quantitative estimate of drug-likeness (QED) is 0.817. The largest absolute Gasteiger partial charge is 0.304 e. The number of aryl methyl sites for hydroxylation is 1. The molecule has 1 heteroatoms. The van der Waals surface area contributed by atoms with Gasteiger partial charge in [0.1, 0.15) is 0 Å². The van der Waals surface area contributed by atoms with Crippen LogP contribution in [0.4, 0.5) is 0 Å². The highest BCUT2D eigenvalue weighted by Crippen LogP contribution is 2.19. The van der Waals surface area contributed by atoms with E-state index in [2.05, 4.69) is 80.7 Å². The second kappa shape index (κ2) is 6.53. The lowest BCUT2D eigenvalue weighted by atomic mass is 10.0. The van der Waals surface area contributed by atoms with Crippen LogP contribution in [0.1, 0.15) is 49.5 Å². The minimum absolute atomic E-state index is 0.362. The van der Waals surface area contributed by atoms with Crippen molar-refractivity contribution in [2.75, 3.05) is 0 Å². The average Bonchev–Trinajstić information content (AvgIpc) is 2.48. The lowest BCUT2D eigenvalue weighted by Crippen LogP contribution is -2.22. The van der Waals surface area contributed by atoms with Crippen LogP contribution < -0.4 is 5.32 Å². The molecule has 0 bridgehead atoms. The Bertz CT molecular complexity index is 487. The second-order valence-corrected chi connectivity index (χ2v) is 5.12. The third-order valence-corrected chi connectivity index (χ3v) is 3.69. The van der Waals surface area contributed by atoms with Crippen LogP contribution in [0.15, 0.2) is 54.6 Å². The molecule has 0 aromatic heterocycles. The number of benzene rings is 2. The smallest absolute Gasteiger partial charge is 0.0297 e. The number of hydrogen-bond acceptors (Lipinski definition) is 1. The fourth-order valence-electron chi connectivity index (χ4n) is 2.35. The topological polar surface area (TPSA) is 12.0 Å². The Balaban J connectivity index is 2.02. The van der Waals surface area contributed by atoms with Crippen molar-refractivity contribution in [2.24, 2.45) is 0 Å². The molecular formula is C18H23N. The van der Waals surface area contributed by atoms with Gasteiger partial charge in [-0.2, -0.15) is 0 Å². The van der Waals surface area contributed by atoms with Crippen molar-refractivity contribution in [3.63, 3.8) is 0 Å². The van der Waals surface area contributed by atoms with Crippen LogP contribution >= 0.6 is 0 Å². The highest BCUT2D eigenvalue weighted by atomic mass is 14.9. The van der Waals surface area contributed by atoms with Gasteiger partial charge in [-0.05, 0) is 37.0 Å². The second-order valence-electron chi connectivity index (χ2n) is 5.12. The highest BCUT2D eigenvalue weighted by molar-refractivity contribution is 5.25. The van der Waals surface area contributed by atoms with Gasteiger partial charge in [0.25, 0.3) is 0 Å². The Morgan fingerprint density at radius 3 is 1.84 bits per heavy atom. The molecule has 0 saturated carbocycles. The summed E-state index contributed by atoms with van der Waals surface area (Å²) in [6, 6.07) is 20.2. The van der Waals surface area contributed by atoms with Gasteiger partial charge in [0.15, 0.2) is 0 Å². The molecule has 1 N–H and O–H groups in total. The summed E-state index contributed by atoms with van der Waals surface area (Å²) < 4.78 is 0. The summed E-state index contributed by atoms with van der Waals surface area (Å²) in [5.41, 5.74) is 4.08. The minimum Gasteiger partial charge on any atom is -0.304 e. The zero-order chi connectivity index (χ0) is 13.7. The summed E-state index contributed by atoms with van der Waals surface area (Å²) in [7, 11) is 0. The number of rotatable bonds is 5. The van der Waals surface area contributed by atoms with Gasteiger partial charge in [-0.3, -0.25) is 0 Å². The van der Waals surface area contributed by atoms with Gasteiger partial charge in [-0.25, -0.2) is 0 Å². The first-order chi connectivity index (χ1) is 9.20. The Morgan fingerprint density at radius 1 is 0.789 bits per heavy atom. The molecule has 2 unspecified atom stereocenters. The van der Waals surface area contributed by atoms with Crippen LogP contribution in [0, 0.1) is 0 Å². The molecule has 0 aliphatic rings. The third-order valence-electron chi connectivity index (χ3n) is 3.69. The van der Waals surface area contributed by atoms with E-state index in [9.17, 15) is 0 Å². The maximum Gasteiger partial charge on any atom is 0.0297 e. The summed E-state index contributed by atoms with van der Waals surface area (Å²) >= 11 is 0. The molecule has 0 spiro atoms. The van der Waals surface area contributed by atoms with Crippen LogP contribution in [0.2, 0.25) is 0 Å². The Labute approximate surface area is 116 Å². The van der Waals surface area contributed by atoms with Crippen molar-refractivity contribution in [1.29, 1.82) is 0 Å². The molecule has 1 nitrogen and oxygen atoms in total. The lowest BCUT2D eigenvalue weighted by molar-refractivity contribution is 0.494. The Morgan fingerprint density at radius 2 is 1.32 bits per heavy atom. The van der Waals surface area contributed by atoms with Crippen molar-refractivity contribution >= 4 is 0 Å². The van der Waals surface area contributed by atoms with Crippen LogP contribution in [0.3, 0.4) is 0 Å². The first-order valence-electron chi connectivity index (χ1n) is 7.10. The van der Waals surface area contributed by atoms with E-state index in [4.69, 9.17) is 0 Å². The van der Waals surface area contributed by atoms with Gasteiger partial charge < -0.3 is 5.32 Å². The third kappa shape index (κ3) is 3.68. The fourth-order valence-corrected chi connectivity index (χ4v) is 2.35. The molecule has 0 aliphatic carbocycles.